The number of nitrogens with zero attached hydrogens (tertiary/aromatic N) is 2. The molecular weight excluding hydrogens is 242 g/mol. The summed E-state index contributed by atoms with van der Waals surface area (Å²) in [5, 5.41) is 8.98. The first kappa shape index (κ1) is 9.95. The van der Waals surface area contributed by atoms with Crippen molar-refractivity contribution in [3.63, 3.8) is 0 Å². The Morgan fingerprint density at radius 1 is 1.44 bits per heavy atom. The van der Waals surface area contributed by atoms with Crippen molar-refractivity contribution in [2.24, 2.45) is 0 Å². The molecule has 0 bridgehead atoms. The molecule has 3 rings (SSSR count). The summed E-state index contributed by atoms with van der Waals surface area (Å²) in [6.45, 7) is 0.628. The summed E-state index contributed by atoms with van der Waals surface area (Å²) in [6, 6.07) is 4.21. The van der Waals surface area contributed by atoms with Crippen LogP contribution in [-0.2, 0) is 6.54 Å². The van der Waals surface area contributed by atoms with Crippen LogP contribution in [0, 0.1) is 0 Å². The van der Waals surface area contributed by atoms with Gasteiger partial charge in [-0.05, 0) is 24.6 Å². The van der Waals surface area contributed by atoms with Gasteiger partial charge in [0, 0.05) is 9.40 Å². The van der Waals surface area contributed by atoms with Gasteiger partial charge in [-0.1, -0.05) is 5.16 Å². The van der Waals surface area contributed by atoms with Crippen LogP contribution in [0.4, 0.5) is 0 Å². The van der Waals surface area contributed by atoms with E-state index in [-0.39, 0.29) is 0 Å². The van der Waals surface area contributed by atoms with Crippen LogP contribution in [0.3, 0.4) is 0 Å². The minimum Gasteiger partial charge on any atom is -0.333 e. The first-order chi connectivity index (χ1) is 7.86. The van der Waals surface area contributed by atoms with Crippen LogP contribution >= 0.6 is 22.7 Å². The molecule has 0 aliphatic rings. The van der Waals surface area contributed by atoms with Gasteiger partial charge in [0.1, 0.15) is 0 Å². The zero-order chi connectivity index (χ0) is 11.0. The molecule has 3 heterocycles. The van der Waals surface area contributed by atoms with Crippen molar-refractivity contribution in [1.82, 2.24) is 15.5 Å². The molecule has 0 saturated heterocycles. The van der Waals surface area contributed by atoms with E-state index in [1.807, 2.05) is 7.05 Å². The molecular formula is C10H9N3OS2. The van der Waals surface area contributed by atoms with Crippen LogP contribution in [0.5, 0.6) is 0 Å². The van der Waals surface area contributed by atoms with E-state index in [1.165, 1.54) is 9.40 Å². The smallest absolute Gasteiger partial charge is 0.268 e. The molecule has 0 saturated carbocycles. The molecule has 3 aromatic rings. The molecule has 0 spiro atoms. The summed E-state index contributed by atoms with van der Waals surface area (Å²) >= 11 is 3.41. The van der Waals surface area contributed by atoms with E-state index in [0.29, 0.717) is 18.3 Å². The molecule has 1 N–H and O–H groups in total. The first-order valence-electron chi connectivity index (χ1n) is 4.81. The summed E-state index contributed by atoms with van der Waals surface area (Å²) in [4.78, 5) is 5.36. The van der Waals surface area contributed by atoms with E-state index >= 15 is 0 Å². The molecule has 0 radical (unpaired) electrons. The maximum Gasteiger partial charge on any atom is 0.268 e. The fourth-order valence-corrected chi connectivity index (χ4v) is 3.49. The minimum atomic E-state index is 0.610. The molecule has 0 aromatic carbocycles. The summed E-state index contributed by atoms with van der Waals surface area (Å²) in [5.74, 6) is 1.30. The lowest BCUT2D eigenvalue weighted by molar-refractivity contribution is 0.421. The standard InChI is InChI=1S/C10H9N3OS2/c1-11-5-9-12-10(14-13-9)8-4-7-6(16-8)2-3-15-7/h2-4,11H,5H2,1H3. The van der Waals surface area contributed by atoms with Gasteiger partial charge in [-0.3, -0.25) is 0 Å². The van der Waals surface area contributed by atoms with Crippen molar-refractivity contribution in [1.29, 1.82) is 0 Å². The zero-order valence-corrected chi connectivity index (χ0v) is 10.2. The Hall–Kier alpha value is -1.24. The zero-order valence-electron chi connectivity index (χ0n) is 8.56. The second-order valence-corrected chi connectivity index (χ2v) is 5.34. The Balaban J connectivity index is 1.98. The largest absolute Gasteiger partial charge is 0.333 e. The molecule has 4 nitrogen and oxygen atoms in total. The monoisotopic (exact) mass is 251 g/mol. The third-order valence-electron chi connectivity index (χ3n) is 2.15. The van der Waals surface area contributed by atoms with Crippen molar-refractivity contribution in [3.05, 3.63) is 23.3 Å². The highest BCUT2D eigenvalue weighted by atomic mass is 32.1. The van der Waals surface area contributed by atoms with Crippen LogP contribution in [0.25, 0.3) is 20.2 Å². The third-order valence-corrected chi connectivity index (χ3v) is 4.23. The summed E-state index contributed by atoms with van der Waals surface area (Å²) in [5.41, 5.74) is 0. The fourth-order valence-electron chi connectivity index (χ4n) is 1.46. The normalized spacial score (nSPS) is 11.3. The van der Waals surface area contributed by atoms with E-state index in [9.17, 15) is 0 Å². The first-order valence-corrected chi connectivity index (χ1v) is 6.51. The highest BCUT2D eigenvalue weighted by Gasteiger charge is 2.12. The summed E-state index contributed by atoms with van der Waals surface area (Å²) < 4.78 is 7.76. The topological polar surface area (TPSA) is 51.0 Å². The van der Waals surface area contributed by atoms with Gasteiger partial charge >= 0.3 is 0 Å². The molecule has 0 atom stereocenters. The van der Waals surface area contributed by atoms with E-state index in [0.717, 1.165) is 4.88 Å². The van der Waals surface area contributed by atoms with Crippen LogP contribution < -0.4 is 5.32 Å². The number of thiophene rings is 2. The molecule has 0 fully saturated rings. The Morgan fingerprint density at radius 3 is 3.19 bits per heavy atom. The highest BCUT2D eigenvalue weighted by Crippen LogP contribution is 2.35. The lowest BCUT2D eigenvalue weighted by Crippen LogP contribution is -2.06. The van der Waals surface area contributed by atoms with Gasteiger partial charge in [-0.2, -0.15) is 4.98 Å². The lowest BCUT2D eigenvalue weighted by atomic mass is 10.4. The summed E-state index contributed by atoms with van der Waals surface area (Å²) in [7, 11) is 1.86. The second-order valence-electron chi connectivity index (χ2n) is 3.31. The van der Waals surface area contributed by atoms with E-state index < -0.39 is 0 Å². The van der Waals surface area contributed by atoms with Gasteiger partial charge in [-0.15, -0.1) is 22.7 Å². The summed E-state index contributed by atoms with van der Waals surface area (Å²) in [6.07, 6.45) is 0. The maximum absolute atomic E-state index is 5.22. The van der Waals surface area contributed by atoms with Crippen molar-refractivity contribution >= 4 is 32.1 Å². The minimum absolute atomic E-state index is 0.610. The fraction of sp³-hybridized carbons (Fsp3) is 0.200. The molecule has 0 aliphatic heterocycles. The van der Waals surface area contributed by atoms with Gasteiger partial charge < -0.3 is 9.84 Å². The van der Waals surface area contributed by atoms with E-state index in [4.69, 9.17) is 4.52 Å². The number of nitrogens with one attached hydrogen (secondary N) is 1. The molecule has 6 heteroatoms. The third kappa shape index (κ3) is 1.64. The highest BCUT2D eigenvalue weighted by molar-refractivity contribution is 7.28. The maximum atomic E-state index is 5.22. The van der Waals surface area contributed by atoms with Crippen LogP contribution in [0.1, 0.15) is 5.82 Å². The lowest BCUT2D eigenvalue weighted by Gasteiger charge is -1.86. The van der Waals surface area contributed by atoms with Crippen LogP contribution in [0.2, 0.25) is 0 Å². The van der Waals surface area contributed by atoms with Gasteiger partial charge in [0.05, 0.1) is 11.4 Å². The predicted molar refractivity (Wildman–Crippen MR) is 65.8 cm³/mol. The van der Waals surface area contributed by atoms with Crippen molar-refractivity contribution < 1.29 is 4.52 Å². The Labute approximate surface area is 99.9 Å². The average molecular weight is 251 g/mol. The van der Waals surface area contributed by atoms with Gasteiger partial charge in [0.2, 0.25) is 0 Å². The van der Waals surface area contributed by atoms with Crippen LogP contribution in [-0.4, -0.2) is 17.2 Å². The quantitative estimate of drug-likeness (QED) is 0.777. The molecule has 0 amide bonds. The number of hydrogen-bond acceptors (Lipinski definition) is 6. The Morgan fingerprint density at radius 2 is 2.38 bits per heavy atom. The van der Waals surface area contributed by atoms with Gasteiger partial charge in [0.15, 0.2) is 5.82 Å². The van der Waals surface area contributed by atoms with Gasteiger partial charge in [0.25, 0.3) is 5.89 Å². The Bertz CT molecular complexity index is 582. The number of rotatable bonds is 3. The second kappa shape index (κ2) is 3.97. The molecule has 0 aliphatic carbocycles. The number of hydrogen-bond donors (Lipinski definition) is 1. The van der Waals surface area contributed by atoms with Crippen molar-refractivity contribution in [2.45, 2.75) is 6.54 Å². The molecule has 16 heavy (non-hydrogen) atoms. The molecule has 0 unspecified atom stereocenters. The SMILES string of the molecule is CNCc1noc(-c2cc3sccc3s2)n1. The predicted octanol–water partition coefficient (Wildman–Crippen LogP) is 2.73. The average Bonchev–Trinajstić information content (AvgIpc) is 2.88. The number of aromatic nitrogens is 2. The van der Waals surface area contributed by atoms with Crippen molar-refractivity contribution in [2.75, 3.05) is 7.05 Å². The van der Waals surface area contributed by atoms with Crippen LogP contribution in [0.15, 0.2) is 22.0 Å². The van der Waals surface area contributed by atoms with Crippen molar-refractivity contribution in [3.8, 4) is 10.8 Å². The number of fused-ring (bicyclic) bond motifs is 1. The van der Waals surface area contributed by atoms with E-state index in [1.54, 1.807) is 22.7 Å². The van der Waals surface area contributed by atoms with Gasteiger partial charge in [-0.25, -0.2) is 0 Å². The van der Waals surface area contributed by atoms with E-state index in [2.05, 4.69) is 33.0 Å². The Kier molecular flexibility index (Phi) is 2.47. The molecule has 82 valence electrons. The molecule has 3 aromatic heterocycles.